The molecule has 0 aliphatic rings. The Labute approximate surface area is 159 Å². The number of aryl methyl sites for hydroxylation is 1. The van der Waals surface area contributed by atoms with Gasteiger partial charge in [0.05, 0.1) is 10.6 Å². The molecule has 0 saturated carbocycles. The van der Waals surface area contributed by atoms with E-state index in [9.17, 15) is 22.0 Å². The van der Waals surface area contributed by atoms with Crippen molar-refractivity contribution >= 4 is 27.5 Å². The van der Waals surface area contributed by atoms with Gasteiger partial charge in [0.2, 0.25) is 5.88 Å². The maximum Gasteiger partial charge on any atom is 0.264 e. The van der Waals surface area contributed by atoms with Crippen LogP contribution >= 0.6 is 0 Å². The second kappa shape index (κ2) is 7.39. The lowest BCUT2D eigenvalue weighted by Crippen LogP contribution is -2.14. The monoisotopic (exact) mass is 407 g/mol. The predicted molar refractivity (Wildman–Crippen MR) is 97.5 cm³/mol. The van der Waals surface area contributed by atoms with Crippen LogP contribution in [0.1, 0.15) is 21.6 Å². The van der Waals surface area contributed by atoms with Crippen molar-refractivity contribution < 1.29 is 26.5 Å². The molecule has 2 aromatic carbocycles. The van der Waals surface area contributed by atoms with Crippen molar-refractivity contribution in [2.75, 3.05) is 10.0 Å². The van der Waals surface area contributed by atoms with Gasteiger partial charge in [0, 0.05) is 16.8 Å². The number of hydrogen-bond donors (Lipinski definition) is 2. The van der Waals surface area contributed by atoms with E-state index in [1.807, 2.05) is 0 Å². The first-order valence-corrected chi connectivity index (χ1v) is 9.48. The summed E-state index contributed by atoms with van der Waals surface area (Å²) < 4.78 is 58.3. The zero-order valence-electron chi connectivity index (χ0n) is 14.8. The number of carbonyl (C=O) groups excluding carboxylic acids is 1. The quantitative estimate of drug-likeness (QED) is 0.673. The summed E-state index contributed by atoms with van der Waals surface area (Å²) in [5, 5.41) is 6.16. The van der Waals surface area contributed by atoms with Gasteiger partial charge in [0.1, 0.15) is 0 Å². The maximum absolute atomic E-state index is 13.2. The third kappa shape index (κ3) is 4.01. The van der Waals surface area contributed by atoms with Crippen molar-refractivity contribution in [2.45, 2.75) is 18.7 Å². The lowest BCUT2D eigenvalue weighted by molar-refractivity contribution is 0.102. The summed E-state index contributed by atoms with van der Waals surface area (Å²) in [5.41, 5.74) is 1.33. The highest BCUT2D eigenvalue weighted by atomic mass is 32.2. The van der Waals surface area contributed by atoms with Crippen LogP contribution in [0.4, 0.5) is 20.4 Å². The van der Waals surface area contributed by atoms with Crippen LogP contribution in [0, 0.1) is 25.5 Å². The van der Waals surface area contributed by atoms with E-state index in [1.54, 1.807) is 13.8 Å². The number of nitrogens with one attached hydrogen (secondary N) is 2. The SMILES string of the molecule is Cc1noc(NS(=O)(=O)c2ccc(NC(=O)c3ccc(F)c(F)c3)cc2)c1C. The van der Waals surface area contributed by atoms with E-state index in [0.29, 0.717) is 11.3 Å². The van der Waals surface area contributed by atoms with E-state index in [0.717, 1.165) is 18.2 Å². The summed E-state index contributed by atoms with van der Waals surface area (Å²) in [4.78, 5) is 12.0. The molecule has 0 spiro atoms. The highest BCUT2D eigenvalue weighted by Gasteiger charge is 2.19. The lowest BCUT2D eigenvalue weighted by atomic mass is 10.2. The first-order valence-electron chi connectivity index (χ1n) is 7.99. The van der Waals surface area contributed by atoms with Gasteiger partial charge in [0.25, 0.3) is 15.9 Å². The first kappa shape index (κ1) is 19.5. The van der Waals surface area contributed by atoms with Crippen molar-refractivity contribution in [1.29, 1.82) is 0 Å². The van der Waals surface area contributed by atoms with Gasteiger partial charge in [-0.05, 0) is 56.3 Å². The Balaban J connectivity index is 1.74. The molecule has 0 fully saturated rings. The van der Waals surface area contributed by atoms with E-state index in [2.05, 4.69) is 15.2 Å². The highest BCUT2D eigenvalue weighted by Crippen LogP contribution is 2.23. The van der Waals surface area contributed by atoms with Crippen LogP contribution in [0.15, 0.2) is 51.9 Å². The fourth-order valence-corrected chi connectivity index (χ4v) is 3.30. The standard InChI is InChI=1S/C18H15F2N3O4S/c1-10-11(2)22-27-18(10)23-28(25,26)14-6-4-13(5-7-14)21-17(24)12-3-8-15(19)16(20)9-12/h3-9,23H,1-2H3,(H,21,24). The summed E-state index contributed by atoms with van der Waals surface area (Å²) in [6.45, 7) is 3.35. The fraction of sp³-hybridized carbons (Fsp3) is 0.111. The summed E-state index contributed by atoms with van der Waals surface area (Å²) in [5.74, 6) is -2.84. The zero-order valence-corrected chi connectivity index (χ0v) is 15.6. The number of sulfonamides is 1. The Kier molecular flexibility index (Phi) is 5.14. The average molecular weight is 407 g/mol. The molecular weight excluding hydrogens is 392 g/mol. The largest absolute Gasteiger partial charge is 0.337 e. The van der Waals surface area contributed by atoms with Crippen molar-refractivity contribution in [3.05, 3.63) is 70.9 Å². The van der Waals surface area contributed by atoms with Gasteiger partial charge in [-0.3, -0.25) is 4.79 Å². The third-order valence-electron chi connectivity index (χ3n) is 3.99. The second-order valence-electron chi connectivity index (χ2n) is 5.93. The van der Waals surface area contributed by atoms with Gasteiger partial charge < -0.3 is 9.84 Å². The molecule has 146 valence electrons. The third-order valence-corrected chi connectivity index (χ3v) is 5.34. The van der Waals surface area contributed by atoms with E-state index in [4.69, 9.17) is 4.52 Å². The van der Waals surface area contributed by atoms with Crippen LogP contribution in [-0.4, -0.2) is 19.5 Å². The Morgan fingerprint density at radius 1 is 1.04 bits per heavy atom. The molecule has 3 aromatic rings. The Morgan fingerprint density at radius 3 is 2.29 bits per heavy atom. The molecule has 28 heavy (non-hydrogen) atoms. The predicted octanol–water partition coefficient (Wildman–Crippen LogP) is 3.62. The molecule has 0 unspecified atom stereocenters. The van der Waals surface area contributed by atoms with Gasteiger partial charge in [-0.25, -0.2) is 21.9 Å². The lowest BCUT2D eigenvalue weighted by Gasteiger charge is -2.08. The number of nitrogens with zero attached hydrogens (tertiary/aromatic N) is 1. The van der Waals surface area contributed by atoms with Gasteiger partial charge in [-0.15, -0.1) is 0 Å². The topological polar surface area (TPSA) is 101 Å². The van der Waals surface area contributed by atoms with Gasteiger partial charge >= 0.3 is 0 Å². The van der Waals surface area contributed by atoms with Crippen LogP contribution < -0.4 is 10.0 Å². The molecule has 0 atom stereocenters. The van der Waals surface area contributed by atoms with Crippen molar-refractivity contribution in [2.24, 2.45) is 0 Å². The Hall–Kier alpha value is -3.27. The molecule has 3 rings (SSSR count). The minimum atomic E-state index is -3.92. The molecule has 7 nitrogen and oxygen atoms in total. The van der Waals surface area contributed by atoms with Crippen LogP contribution in [0.5, 0.6) is 0 Å². The average Bonchev–Trinajstić information content (AvgIpc) is 2.96. The van der Waals surface area contributed by atoms with Gasteiger partial charge in [-0.1, -0.05) is 5.16 Å². The molecule has 0 radical (unpaired) electrons. The molecule has 10 heteroatoms. The van der Waals surface area contributed by atoms with Crippen LogP contribution in [0.2, 0.25) is 0 Å². The van der Waals surface area contributed by atoms with E-state index < -0.39 is 27.6 Å². The van der Waals surface area contributed by atoms with E-state index in [1.165, 1.54) is 24.3 Å². The number of rotatable bonds is 5. The molecule has 0 bridgehead atoms. The van der Waals surface area contributed by atoms with Crippen LogP contribution in [-0.2, 0) is 10.0 Å². The maximum atomic E-state index is 13.2. The molecule has 0 aliphatic carbocycles. The Bertz CT molecular complexity index is 1140. The van der Waals surface area contributed by atoms with Crippen molar-refractivity contribution in [1.82, 2.24) is 5.16 Å². The number of amides is 1. The molecule has 1 heterocycles. The summed E-state index contributed by atoms with van der Waals surface area (Å²) >= 11 is 0. The smallest absolute Gasteiger partial charge is 0.264 e. The van der Waals surface area contributed by atoms with Crippen LogP contribution in [0.25, 0.3) is 0 Å². The number of aromatic nitrogens is 1. The van der Waals surface area contributed by atoms with E-state index >= 15 is 0 Å². The number of carbonyl (C=O) groups is 1. The zero-order chi connectivity index (χ0) is 20.5. The molecular formula is C18H15F2N3O4S. The number of anilines is 2. The number of halogens is 2. The summed E-state index contributed by atoms with van der Waals surface area (Å²) in [6, 6.07) is 8.05. The number of benzene rings is 2. The normalized spacial score (nSPS) is 11.3. The minimum Gasteiger partial charge on any atom is -0.337 e. The van der Waals surface area contributed by atoms with Crippen molar-refractivity contribution in [3.63, 3.8) is 0 Å². The summed E-state index contributed by atoms with van der Waals surface area (Å²) in [6.07, 6.45) is 0. The van der Waals surface area contributed by atoms with Crippen LogP contribution in [0.3, 0.4) is 0 Å². The first-order chi connectivity index (χ1) is 13.2. The molecule has 0 aliphatic heterocycles. The summed E-state index contributed by atoms with van der Waals surface area (Å²) in [7, 11) is -3.92. The molecule has 1 aromatic heterocycles. The van der Waals surface area contributed by atoms with Gasteiger partial charge in [-0.2, -0.15) is 0 Å². The molecule has 1 amide bonds. The highest BCUT2D eigenvalue weighted by molar-refractivity contribution is 7.92. The van der Waals surface area contributed by atoms with Crippen molar-refractivity contribution in [3.8, 4) is 0 Å². The molecule has 0 saturated heterocycles. The second-order valence-corrected chi connectivity index (χ2v) is 7.62. The number of hydrogen-bond acceptors (Lipinski definition) is 5. The van der Waals surface area contributed by atoms with Gasteiger partial charge in [0.15, 0.2) is 11.6 Å². The molecule has 2 N–H and O–H groups in total. The van der Waals surface area contributed by atoms with E-state index in [-0.39, 0.29) is 22.0 Å². The minimum absolute atomic E-state index is 0.0215. The fourth-order valence-electron chi connectivity index (χ4n) is 2.25. The Morgan fingerprint density at radius 2 is 1.71 bits per heavy atom.